The Balaban J connectivity index is 3.15. The fourth-order valence-electron chi connectivity index (χ4n) is 1.92. The number of ether oxygens (including phenoxy) is 1. The van der Waals surface area contributed by atoms with Crippen molar-refractivity contribution < 1.29 is 9.53 Å². The number of carbonyl (C=O) groups excluding carboxylic acids is 1. The number of unbranched alkanes of at least 4 members (excludes halogenated alkanes) is 9. The summed E-state index contributed by atoms with van der Waals surface area (Å²) in [5.74, 6) is 0.0718. The van der Waals surface area contributed by atoms with Gasteiger partial charge in [-0.05, 0) is 6.42 Å². The molecule has 0 aliphatic heterocycles. The molecule has 0 aromatic heterocycles. The smallest absolute Gasteiger partial charge is 0.334 e. The van der Waals surface area contributed by atoms with E-state index < -0.39 is 0 Å². The van der Waals surface area contributed by atoms with Crippen molar-refractivity contribution in [2.45, 2.75) is 71.1 Å². The van der Waals surface area contributed by atoms with Gasteiger partial charge in [0.15, 0.2) is 0 Å². The summed E-state index contributed by atoms with van der Waals surface area (Å²) in [6.07, 6.45) is 12.9. The Hall–Kier alpha value is -0.440. The molecule has 0 aliphatic rings. The topological polar surface area (TPSA) is 26.3 Å². The summed E-state index contributed by atoms with van der Waals surface area (Å²) in [5, 5.41) is 0. The molecular formula is C16H30O2S. The number of rotatable bonds is 13. The van der Waals surface area contributed by atoms with E-state index in [2.05, 4.69) is 26.1 Å². The molecule has 0 bridgehead atoms. The molecule has 0 aliphatic carbocycles. The molecule has 0 radical (unpaired) electrons. The normalized spacial score (nSPS) is 10.4. The molecule has 0 atom stereocenters. The molecule has 0 heterocycles. The maximum absolute atomic E-state index is 11.3. The van der Waals surface area contributed by atoms with Gasteiger partial charge in [0.25, 0.3) is 0 Å². The molecule has 0 saturated carbocycles. The second kappa shape index (κ2) is 14.0. The Morgan fingerprint density at radius 2 is 1.42 bits per heavy atom. The first-order chi connectivity index (χ1) is 9.22. The van der Waals surface area contributed by atoms with Gasteiger partial charge < -0.3 is 4.74 Å². The number of hydrogen-bond donors (Lipinski definition) is 1. The van der Waals surface area contributed by atoms with Crippen LogP contribution in [0.1, 0.15) is 71.1 Å². The van der Waals surface area contributed by atoms with Crippen LogP contribution in [0.25, 0.3) is 0 Å². The third-order valence-electron chi connectivity index (χ3n) is 3.21. The van der Waals surface area contributed by atoms with Gasteiger partial charge in [0.1, 0.15) is 0 Å². The van der Waals surface area contributed by atoms with Crippen molar-refractivity contribution in [3.05, 3.63) is 12.2 Å². The van der Waals surface area contributed by atoms with Gasteiger partial charge in [-0.25, -0.2) is 4.79 Å². The van der Waals surface area contributed by atoms with Gasteiger partial charge in [-0.1, -0.05) is 71.3 Å². The first-order valence-electron chi connectivity index (χ1n) is 7.68. The van der Waals surface area contributed by atoms with E-state index in [-0.39, 0.29) is 5.97 Å². The quantitative estimate of drug-likeness (QED) is 0.225. The van der Waals surface area contributed by atoms with Crippen LogP contribution in [0, 0.1) is 0 Å². The predicted molar refractivity (Wildman–Crippen MR) is 85.8 cm³/mol. The van der Waals surface area contributed by atoms with Crippen molar-refractivity contribution in [3.8, 4) is 0 Å². The highest BCUT2D eigenvalue weighted by atomic mass is 32.1. The Bertz CT molecular complexity index is 239. The summed E-state index contributed by atoms with van der Waals surface area (Å²) in [7, 11) is 0. The summed E-state index contributed by atoms with van der Waals surface area (Å²) < 4.78 is 5.08. The van der Waals surface area contributed by atoms with Crippen molar-refractivity contribution in [3.63, 3.8) is 0 Å². The minimum Gasteiger partial charge on any atom is -0.462 e. The molecule has 0 fully saturated rings. The van der Waals surface area contributed by atoms with E-state index in [9.17, 15) is 4.79 Å². The second-order valence-corrected chi connectivity index (χ2v) is 5.40. The third-order valence-corrected chi connectivity index (χ3v) is 3.59. The van der Waals surface area contributed by atoms with E-state index in [1.54, 1.807) is 0 Å². The van der Waals surface area contributed by atoms with Gasteiger partial charge in [0.05, 0.1) is 6.61 Å². The molecule has 0 rings (SSSR count). The van der Waals surface area contributed by atoms with Crippen LogP contribution in [0.3, 0.4) is 0 Å². The largest absolute Gasteiger partial charge is 0.462 e. The zero-order valence-electron chi connectivity index (χ0n) is 12.5. The maximum atomic E-state index is 11.3. The fraction of sp³-hybridized carbons (Fsp3) is 0.812. The number of esters is 1. The lowest BCUT2D eigenvalue weighted by Gasteiger charge is -2.05. The minimum atomic E-state index is -0.300. The van der Waals surface area contributed by atoms with E-state index in [0.717, 1.165) is 12.8 Å². The molecule has 19 heavy (non-hydrogen) atoms. The molecular weight excluding hydrogens is 256 g/mol. The van der Waals surface area contributed by atoms with E-state index >= 15 is 0 Å². The van der Waals surface area contributed by atoms with Gasteiger partial charge >= 0.3 is 5.97 Å². The number of hydrogen-bond acceptors (Lipinski definition) is 3. The van der Waals surface area contributed by atoms with Crippen molar-refractivity contribution in [1.82, 2.24) is 0 Å². The molecule has 0 spiro atoms. The van der Waals surface area contributed by atoms with Crippen molar-refractivity contribution >= 4 is 18.6 Å². The molecule has 0 saturated heterocycles. The summed E-state index contributed by atoms with van der Waals surface area (Å²) in [4.78, 5) is 11.3. The molecule has 3 heteroatoms. The van der Waals surface area contributed by atoms with Crippen LogP contribution in [-0.2, 0) is 9.53 Å². The Morgan fingerprint density at radius 1 is 0.947 bits per heavy atom. The van der Waals surface area contributed by atoms with Crippen LogP contribution in [0.15, 0.2) is 12.2 Å². The highest BCUT2D eigenvalue weighted by Crippen LogP contribution is 2.10. The van der Waals surface area contributed by atoms with Crippen LogP contribution >= 0.6 is 12.6 Å². The third kappa shape index (κ3) is 12.3. The minimum absolute atomic E-state index is 0.300. The monoisotopic (exact) mass is 286 g/mol. The number of carbonyl (C=O) groups is 1. The molecule has 0 aromatic carbocycles. The molecule has 2 nitrogen and oxygen atoms in total. The van der Waals surface area contributed by atoms with Crippen LogP contribution in [0.5, 0.6) is 0 Å². The van der Waals surface area contributed by atoms with Crippen LogP contribution in [0.4, 0.5) is 0 Å². The molecule has 0 N–H and O–H groups in total. The zero-order valence-corrected chi connectivity index (χ0v) is 13.4. The zero-order chi connectivity index (χ0) is 14.3. The van der Waals surface area contributed by atoms with Gasteiger partial charge in [-0.15, -0.1) is 0 Å². The average Bonchev–Trinajstić information content (AvgIpc) is 2.43. The van der Waals surface area contributed by atoms with E-state index in [4.69, 9.17) is 4.74 Å². The predicted octanol–water partition coefficient (Wildman–Crippen LogP) is 4.94. The van der Waals surface area contributed by atoms with Gasteiger partial charge in [0, 0.05) is 11.3 Å². The van der Waals surface area contributed by atoms with Crippen molar-refractivity contribution in [2.75, 3.05) is 12.4 Å². The van der Waals surface area contributed by atoms with Crippen LogP contribution < -0.4 is 0 Å². The standard InChI is InChI=1S/C16H30O2S/c1-3-4-5-6-7-8-9-10-11-12-13-18-16(17)15(2)14-19/h19H,2-14H2,1H3. The SMILES string of the molecule is C=C(CS)C(=O)OCCCCCCCCCCCC. The summed E-state index contributed by atoms with van der Waals surface area (Å²) in [5.41, 5.74) is 0.440. The summed E-state index contributed by atoms with van der Waals surface area (Å²) >= 11 is 3.99. The Labute approximate surface area is 124 Å². The Morgan fingerprint density at radius 3 is 1.89 bits per heavy atom. The highest BCUT2D eigenvalue weighted by Gasteiger charge is 2.05. The van der Waals surface area contributed by atoms with Gasteiger partial charge in [-0.3, -0.25) is 0 Å². The fourth-order valence-corrected chi connectivity index (χ4v) is 2.05. The lowest BCUT2D eigenvalue weighted by Crippen LogP contribution is -2.09. The van der Waals surface area contributed by atoms with Crippen molar-refractivity contribution in [1.29, 1.82) is 0 Å². The molecule has 0 unspecified atom stereocenters. The molecule has 0 amide bonds. The van der Waals surface area contributed by atoms with Gasteiger partial charge in [0.2, 0.25) is 0 Å². The maximum Gasteiger partial charge on any atom is 0.334 e. The lowest BCUT2D eigenvalue weighted by atomic mass is 10.1. The average molecular weight is 286 g/mol. The summed E-state index contributed by atoms with van der Waals surface area (Å²) in [6, 6.07) is 0. The first kappa shape index (κ1) is 18.6. The van der Waals surface area contributed by atoms with E-state index in [0.29, 0.717) is 17.9 Å². The highest BCUT2D eigenvalue weighted by molar-refractivity contribution is 7.80. The Kier molecular flexibility index (Phi) is 13.7. The van der Waals surface area contributed by atoms with Crippen molar-refractivity contribution in [2.24, 2.45) is 0 Å². The molecule has 112 valence electrons. The van der Waals surface area contributed by atoms with Crippen LogP contribution in [-0.4, -0.2) is 18.3 Å². The molecule has 0 aromatic rings. The first-order valence-corrected chi connectivity index (χ1v) is 8.31. The van der Waals surface area contributed by atoms with Gasteiger partial charge in [-0.2, -0.15) is 12.6 Å². The summed E-state index contributed by atoms with van der Waals surface area (Å²) in [6.45, 7) is 6.36. The van der Waals surface area contributed by atoms with E-state index in [1.165, 1.54) is 51.4 Å². The second-order valence-electron chi connectivity index (χ2n) is 5.08. The van der Waals surface area contributed by atoms with E-state index in [1.807, 2.05) is 0 Å². The number of thiol groups is 1. The van der Waals surface area contributed by atoms with Crippen LogP contribution in [0.2, 0.25) is 0 Å². The lowest BCUT2D eigenvalue weighted by molar-refractivity contribution is -0.139.